The maximum Gasteiger partial charge on any atom is 0.409 e. The zero-order chi connectivity index (χ0) is 11.3. The fraction of sp³-hybridized carbons (Fsp3) is 0.909. The lowest BCUT2D eigenvalue weighted by atomic mass is 10.0. The summed E-state index contributed by atoms with van der Waals surface area (Å²) in [6.45, 7) is 0.772. The molecule has 0 heterocycles. The molecule has 2 atom stereocenters. The second kappa shape index (κ2) is 5.95. The molecule has 4 nitrogen and oxygen atoms in total. The van der Waals surface area contributed by atoms with Crippen molar-refractivity contribution in [3.05, 3.63) is 0 Å². The number of rotatable bonds is 4. The molecular formula is C11H22N2O2. The first kappa shape index (κ1) is 12.3. The number of carbonyl (C=O) groups excluding carboxylic acids is 1. The highest BCUT2D eigenvalue weighted by atomic mass is 16.5. The highest BCUT2D eigenvalue weighted by molar-refractivity contribution is 5.67. The molecule has 15 heavy (non-hydrogen) atoms. The van der Waals surface area contributed by atoms with Crippen LogP contribution in [0.1, 0.15) is 32.1 Å². The van der Waals surface area contributed by atoms with Crippen LogP contribution in [0.15, 0.2) is 0 Å². The summed E-state index contributed by atoms with van der Waals surface area (Å²) in [5, 5.41) is 0. The Morgan fingerprint density at radius 1 is 1.53 bits per heavy atom. The Morgan fingerprint density at radius 3 is 2.87 bits per heavy atom. The van der Waals surface area contributed by atoms with Gasteiger partial charge in [0, 0.05) is 13.1 Å². The van der Waals surface area contributed by atoms with Crippen molar-refractivity contribution >= 4 is 6.09 Å². The van der Waals surface area contributed by atoms with Gasteiger partial charge in [0.05, 0.1) is 7.11 Å². The lowest BCUT2D eigenvalue weighted by molar-refractivity contribution is 0.117. The van der Waals surface area contributed by atoms with E-state index in [4.69, 9.17) is 10.5 Å². The second-order valence-electron chi connectivity index (χ2n) is 4.34. The Kier molecular flexibility index (Phi) is 4.88. The normalized spacial score (nSPS) is 25.3. The quantitative estimate of drug-likeness (QED) is 0.773. The maximum absolute atomic E-state index is 11.3. The molecule has 0 aromatic carbocycles. The van der Waals surface area contributed by atoms with Crippen molar-refractivity contribution in [1.82, 2.24) is 4.90 Å². The molecule has 0 aromatic heterocycles. The van der Waals surface area contributed by atoms with Gasteiger partial charge in [0.1, 0.15) is 0 Å². The van der Waals surface area contributed by atoms with Crippen LogP contribution < -0.4 is 5.73 Å². The third-order valence-corrected chi connectivity index (χ3v) is 3.34. The van der Waals surface area contributed by atoms with E-state index in [0.29, 0.717) is 6.04 Å². The van der Waals surface area contributed by atoms with Crippen LogP contribution >= 0.6 is 0 Å². The highest BCUT2D eigenvalue weighted by Crippen LogP contribution is 2.31. The maximum atomic E-state index is 11.3. The van der Waals surface area contributed by atoms with E-state index < -0.39 is 0 Å². The number of hydrogen-bond acceptors (Lipinski definition) is 3. The SMILES string of the molecule is COC(=O)N(C)C1CCC(CCCN)C1. The van der Waals surface area contributed by atoms with Gasteiger partial charge >= 0.3 is 6.09 Å². The van der Waals surface area contributed by atoms with Gasteiger partial charge in [0.2, 0.25) is 0 Å². The monoisotopic (exact) mass is 214 g/mol. The van der Waals surface area contributed by atoms with Gasteiger partial charge in [-0.3, -0.25) is 0 Å². The molecule has 2 N–H and O–H groups in total. The van der Waals surface area contributed by atoms with E-state index in [9.17, 15) is 4.79 Å². The lowest BCUT2D eigenvalue weighted by Gasteiger charge is -2.23. The molecule has 2 unspecified atom stereocenters. The van der Waals surface area contributed by atoms with Crippen molar-refractivity contribution in [1.29, 1.82) is 0 Å². The molecule has 1 aliphatic carbocycles. The first-order valence-corrected chi connectivity index (χ1v) is 5.70. The summed E-state index contributed by atoms with van der Waals surface area (Å²) in [6.07, 6.45) is 5.49. The van der Waals surface area contributed by atoms with E-state index in [2.05, 4.69) is 0 Å². The highest BCUT2D eigenvalue weighted by Gasteiger charge is 2.29. The topological polar surface area (TPSA) is 55.6 Å². The molecule has 88 valence electrons. The van der Waals surface area contributed by atoms with Crippen LogP contribution in [0.4, 0.5) is 4.79 Å². The van der Waals surface area contributed by atoms with Crippen molar-refractivity contribution in [3.8, 4) is 0 Å². The van der Waals surface area contributed by atoms with E-state index in [1.165, 1.54) is 20.0 Å². The standard InChI is InChI=1S/C11H22N2O2/c1-13(11(14)15-2)10-6-5-9(8-10)4-3-7-12/h9-10H,3-8,12H2,1-2H3. The Labute approximate surface area is 91.8 Å². The summed E-state index contributed by atoms with van der Waals surface area (Å²) in [6, 6.07) is 0.361. The zero-order valence-electron chi connectivity index (χ0n) is 9.74. The molecule has 0 saturated heterocycles. The number of carbonyl (C=O) groups is 1. The van der Waals surface area contributed by atoms with Crippen LogP contribution in [0.3, 0.4) is 0 Å². The number of hydrogen-bond donors (Lipinski definition) is 1. The van der Waals surface area contributed by atoms with Gasteiger partial charge in [0.15, 0.2) is 0 Å². The molecule has 4 heteroatoms. The van der Waals surface area contributed by atoms with Crippen LogP contribution in [0.25, 0.3) is 0 Å². The fourth-order valence-corrected chi connectivity index (χ4v) is 2.36. The molecule has 0 aliphatic heterocycles. The smallest absolute Gasteiger partial charge is 0.409 e. The zero-order valence-corrected chi connectivity index (χ0v) is 9.74. The van der Waals surface area contributed by atoms with Crippen LogP contribution in [-0.2, 0) is 4.74 Å². The Hall–Kier alpha value is -0.770. The number of amides is 1. The number of methoxy groups -OCH3 is 1. The predicted octanol–water partition coefficient (Wildman–Crippen LogP) is 1.59. The van der Waals surface area contributed by atoms with Crippen molar-refractivity contribution in [2.45, 2.75) is 38.1 Å². The van der Waals surface area contributed by atoms with Gasteiger partial charge in [-0.1, -0.05) is 0 Å². The van der Waals surface area contributed by atoms with E-state index in [0.717, 1.165) is 31.7 Å². The molecule has 1 rings (SSSR count). The minimum Gasteiger partial charge on any atom is -0.453 e. The number of nitrogens with zero attached hydrogens (tertiary/aromatic N) is 1. The molecule has 0 spiro atoms. The molecule has 1 fully saturated rings. The minimum atomic E-state index is -0.223. The van der Waals surface area contributed by atoms with Crippen LogP contribution in [0.5, 0.6) is 0 Å². The van der Waals surface area contributed by atoms with Crippen molar-refractivity contribution in [3.63, 3.8) is 0 Å². The van der Waals surface area contributed by atoms with Crippen LogP contribution in [-0.4, -0.2) is 37.7 Å². The first-order valence-electron chi connectivity index (χ1n) is 5.70. The molecular weight excluding hydrogens is 192 g/mol. The summed E-state index contributed by atoms with van der Waals surface area (Å²) < 4.78 is 4.71. The first-order chi connectivity index (χ1) is 7.19. The summed E-state index contributed by atoms with van der Waals surface area (Å²) in [5.74, 6) is 0.741. The van der Waals surface area contributed by atoms with E-state index >= 15 is 0 Å². The molecule has 1 amide bonds. The summed E-state index contributed by atoms with van der Waals surface area (Å²) >= 11 is 0. The molecule has 0 aromatic rings. The average molecular weight is 214 g/mol. The number of nitrogens with two attached hydrogens (primary N) is 1. The van der Waals surface area contributed by atoms with Gasteiger partial charge in [-0.2, -0.15) is 0 Å². The van der Waals surface area contributed by atoms with Crippen molar-refractivity contribution in [2.24, 2.45) is 11.7 Å². The Morgan fingerprint density at radius 2 is 2.27 bits per heavy atom. The van der Waals surface area contributed by atoms with Gasteiger partial charge in [-0.25, -0.2) is 4.79 Å². The van der Waals surface area contributed by atoms with Gasteiger partial charge in [-0.15, -0.1) is 0 Å². The van der Waals surface area contributed by atoms with Crippen molar-refractivity contribution in [2.75, 3.05) is 20.7 Å². The Bertz CT molecular complexity index is 209. The molecule has 0 radical (unpaired) electrons. The van der Waals surface area contributed by atoms with Crippen molar-refractivity contribution < 1.29 is 9.53 Å². The predicted molar refractivity (Wildman–Crippen MR) is 59.6 cm³/mol. The van der Waals surface area contributed by atoms with Crippen LogP contribution in [0.2, 0.25) is 0 Å². The molecule has 0 bridgehead atoms. The minimum absolute atomic E-state index is 0.223. The van der Waals surface area contributed by atoms with Crippen LogP contribution in [0, 0.1) is 5.92 Å². The van der Waals surface area contributed by atoms with E-state index in [1.807, 2.05) is 7.05 Å². The Balaban J connectivity index is 2.32. The molecule has 1 saturated carbocycles. The summed E-state index contributed by atoms with van der Waals surface area (Å²) in [5.41, 5.74) is 5.49. The fourth-order valence-electron chi connectivity index (χ4n) is 2.36. The average Bonchev–Trinajstić information content (AvgIpc) is 2.72. The lowest BCUT2D eigenvalue weighted by Crippen LogP contribution is -2.35. The van der Waals surface area contributed by atoms with E-state index in [-0.39, 0.29) is 6.09 Å². The number of ether oxygens (including phenoxy) is 1. The van der Waals surface area contributed by atoms with Gasteiger partial charge in [0.25, 0.3) is 0 Å². The summed E-state index contributed by atoms with van der Waals surface area (Å²) in [4.78, 5) is 13.0. The summed E-state index contributed by atoms with van der Waals surface area (Å²) in [7, 11) is 3.25. The largest absolute Gasteiger partial charge is 0.453 e. The third-order valence-electron chi connectivity index (χ3n) is 3.34. The van der Waals surface area contributed by atoms with E-state index in [1.54, 1.807) is 4.90 Å². The third kappa shape index (κ3) is 3.38. The molecule has 1 aliphatic rings. The van der Waals surface area contributed by atoms with Gasteiger partial charge in [-0.05, 0) is 44.6 Å². The van der Waals surface area contributed by atoms with Gasteiger partial charge < -0.3 is 15.4 Å². The second-order valence-corrected chi connectivity index (χ2v) is 4.34.